The lowest BCUT2D eigenvalue weighted by Crippen LogP contribution is -2.25. The lowest BCUT2D eigenvalue weighted by atomic mass is 9.82. The molecule has 0 bridgehead atoms. The number of carbonyl (C=O) groups is 2. The minimum atomic E-state index is -5.11. The van der Waals surface area contributed by atoms with E-state index in [0.717, 1.165) is 30.3 Å². The fourth-order valence-electron chi connectivity index (χ4n) is 4.77. The van der Waals surface area contributed by atoms with Crippen molar-refractivity contribution >= 4 is 64.7 Å². The summed E-state index contributed by atoms with van der Waals surface area (Å²) >= 11 is 0. The van der Waals surface area contributed by atoms with Crippen molar-refractivity contribution in [3.05, 3.63) is 89.0 Å². The van der Waals surface area contributed by atoms with Gasteiger partial charge in [0.2, 0.25) is 0 Å². The van der Waals surface area contributed by atoms with Gasteiger partial charge in [-0.2, -0.15) is 25.3 Å². The Morgan fingerprint density at radius 2 is 1.05 bits per heavy atom. The number of ketones is 2. The van der Waals surface area contributed by atoms with Gasteiger partial charge >= 0.3 is 0 Å². The van der Waals surface area contributed by atoms with Gasteiger partial charge < -0.3 is 16.8 Å². The molecule has 0 saturated carbocycles. The molecule has 0 fully saturated rings. The van der Waals surface area contributed by atoms with Gasteiger partial charge in [-0.25, -0.2) is 0 Å². The van der Waals surface area contributed by atoms with Crippen LogP contribution in [0.3, 0.4) is 0 Å². The summed E-state index contributed by atoms with van der Waals surface area (Å²) in [7, 11) is -15.1. The standard InChI is InChI=1S/C26H19N3O11S3/c27-12-5-7-14(19(9-12)41(32,33)34)15-8-6-13(10-20(15)42(35,36)37)29-18-11-21(43(38,39)40)24(28)23-22(18)25(30)16-3-1-2-4-17(16)26(23)31/h1-11,29H,27-28H2,(H,32,33,34)(H,35,36,37)(H,38,39,40). The van der Waals surface area contributed by atoms with Crippen molar-refractivity contribution in [1.82, 2.24) is 0 Å². The maximum Gasteiger partial charge on any atom is 0.296 e. The van der Waals surface area contributed by atoms with E-state index < -0.39 is 67.9 Å². The number of hydrogen-bond acceptors (Lipinski definition) is 11. The summed E-state index contributed by atoms with van der Waals surface area (Å²) in [5, 5.41) is 2.63. The van der Waals surface area contributed by atoms with Crippen LogP contribution >= 0.6 is 0 Å². The van der Waals surface area contributed by atoms with Gasteiger partial charge in [0.05, 0.1) is 22.5 Å². The molecule has 14 nitrogen and oxygen atoms in total. The number of rotatable bonds is 6. The van der Waals surface area contributed by atoms with Crippen LogP contribution in [0.4, 0.5) is 22.7 Å². The Balaban J connectivity index is 1.75. The third kappa shape index (κ3) is 5.24. The lowest BCUT2D eigenvalue weighted by Gasteiger charge is -2.24. The molecule has 5 rings (SSSR count). The second kappa shape index (κ2) is 9.97. The summed E-state index contributed by atoms with van der Waals surface area (Å²) in [4.78, 5) is 24.3. The fourth-order valence-corrected chi connectivity index (χ4v) is 6.89. The first-order chi connectivity index (χ1) is 19.9. The second-order valence-corrected chi connectivity index (χ2v) is 13.5. The predicted molar refractivity (Wildman–Crippen MR) is 153 cm³/mol. The molecular formula is C26H19N3O11S3. The number of carbonyl (C=O) groups excluding carboxylic acids is 2. The molecule has 1 aliphatic rings. The van der Waals surface area contributed by atoms with E-state index >= 15 is 0 Å². The summed E-state index contributed by atoms with van der Waals surface area (Å²) in [5.41, 5.74) is 8.53. The van der Waals surface area contributed by atoms with Gasteiger partial charge in [0.1, 0.15) is 14.7 Å². The third-order valence-corrected chi connectivity index (χ3v) is 9.27. The van der Waals surface area contributed by atoms with E-state index in [1.165, 1.54) is 36.4 Å². The van der Waals surface area contributed by atoms with Gasteiger partial charge in [-0.15, -0.1) is 0 Å². The van der Waals surface area contributed by atoms with Crippen molar-refractivity contribution in [2.75, 3.05) is 16.8 Å². The monoisotopic (exact) mass is 645 g/mol. The number of benzene rings is 4. The largest absolute Gasteiger partial charge is 0.399 e. The molecule has 8 N–H and O–H groups in total. The number of nitrogens with two attached hydrogens (primary N) is 2. The highest BCUT2D eigenvalue weighted by molar-refractivity contribution is 7.86. The van der Waals surface area contributed by atoms with Gasteiger partial charge in [-0.3, -0.25) is 23.2 Å². The van der Waals surface area contributed by atoms with Crippen molar-refractivity contribution < 1.29 is 48.5 Å². The smallest absolute Gasteiger partial charge is 0.296 e. The molecule has 222 valence electrons. The molecule has 43 heavy (non-hydrogen) atoms. The Bertz CT molecular complexity index is 2250. The molecule has 0 heterocycles. The van der Waals surface area contributed by atoms with Crippen LogP contribution in [-0.4, -0.2) is 50.5 Å². The van der Waals surface area contributed by atoms with E-state index in [9.17, 15) is 48.5 Å². The van der Waals surface area contributed by atoms with Crippen LogP contribution in [-0.2, 0) is 30.4 Å². The maximum atomic E-state index is 13.5. The van der Waals surface area contributed by atoms with Crippen LogP contribution in [0, 0.1) is 0 Å². The molecule has 0 spiro atoms. The molecule has 0 aliphatic heterocycles. The van der Waals surface area contributed by atoms with E-state index in [0.29, 0.717) is 0 Å². The molecule has 17 heteroatoms. The fraction of sp³-hybridized carbons (Fsp3) is 0. The zero-order chi connectivity index (χ0) is 31.6. The van der Waals surface area contributed by atoms with Gasteiger partial charge in [-0.05, 0) is 30.3 Å². The number of hydrogen-bond donors (Lipinski definition) is 6. The average Bonchev–Trinajstić information content (AvgIpc) is 2.91. The average molecular weight is 646 g/mol. The topological polar surface area (TPSA) is 261 Å². The van der Waals surface area contributed by atoms with Gasteiger partial charge in [0.25, 0.3) is 30.4 Å². The summed E-state index contributed by atoms with van der Waals surface area (Å²) in [5.74, 6) is -1.56. The molecule has 4 aromatic rings. The van der Waals surface area contributed by atoms with Crippen LogP contribution in [0.5, 0.6) is 0 Å². The van der Waals surface area contributed by atoms with E-state index in [4.69, 9.17) is 11.5 Å². The van der Waals surface area contributed by atoms with Crippen molar-refractivity contribution in [3.8, 4) is 11.1 Å². The molecule has 0 unspecified atom stereocenters. The molecule has 0 atom stereocenters. The molecule has 4 aromatic carbocycles. The summed E-state index contributed by atoms with van der Waals surface area (Å²) < 4.78 is 103. The Labute approximate surface area is 244 Å². The summed E-state index contributed by atoms with van der Waals surface area (Å²) in [6.45, 7) is 0. The van der Waals surface area contributed by atoms with Crippen LogP contribution in [0.15, 0.2) is 81.4 Å². The maximum absolute atomic E-state index is 13.5. The molecule has 0 amide bonds. The number of fused-ring (bicyclic) bond motifs is 2. The van der Waals surface area contributed by atoms with Crippen LogP contribution in [0.25, 0.3) is 11.1 Å². The molecule has 1 aliphatic carbocycles. The third-order valence-electron chi connectivity index (χ3n) is 6.59. The first-order valence-electron chi connectivity index (χ1n) is 11.8. The molecule has 0 saturated heterocycles. The Morgan fingerprint density at radius 3 is 1.58 bits per heavy atom. The minimum Gasteiger partial charge on any atom is -0.399 e. The van der Waals surface area contributed by atoms with Gasteiger partial charge in [-0.1, -0.05) is 36.4 Å². The molecule has 0 radical (unpaired) electrons. The SMILES string of the molecule is Nc1ccc(-c2ccc(Nc3cc(S(=O)(=O)O)c(N)c4c3C(=O)c3ccccc3C4=O)cc2S(=O)(=O)O)c(S(=O)(=O)O)c1. The summed E-state index contributed by atoms with van der Waals surface area (Å²) in [6.07, 6.45) is 0. The lowest BCUT2D eigenvalue weighted by molar-refractivity contribution is 0.0980. The Morgan fingerprint density at radius 1 is 0.558 bits per heavy atom. The van der Waals surface area contributed by atoms with E-state index in [-0.39, 0.29) is 44.9 Å². The number of anilines is 4. The normalized spacial score (nSPS) is 13.4. The highest BCUT2D eigenvalue weighted by atomic mass is 32.2. The molecule has 0 aromatic heterocycles. The highest BCUT2D eigenvalue weighted by Gasteiger charge is 2.36. The van der Waals surface area contributed by atoms with Crippen molar-refractivity contribution in [1.29, 1.82) is 0 Å². The zero-order valence-corrected chi connectivity index (χ0v) is 23.8. The van der Waals surface area contributed by atoms with Gasteiger partial charge in [0, 0.05) is 33.6 Å². The number of nitrogen functional groups attached to an aromatic ring is 2. The molecular weight excluding hydrogens is 626 g/mol. The quantitative estimate of drug-likeness (QED) is 0.115. The Kier molecular flexibility index (Phi) is 6.92. The van der Waals surface area contributed by atoms with Crippen molar-refractivity contribution in [2.45, 2.75) is 14.7 Å². The van der Waals surface area contributed by atoms with E-state index in [1.54, 1.807) is 0 Å². The van der Waals surface area contributed by atoms with Gasteiger partial charge in [0.15, 0.2) is 11.6 Å². The second-order valence-electron chi connectivity index (χ2n) is 9.31. The van der Waals surface area contributed by atoms with Crippen LogP contribution in [0.1, 0.15) is 31.8 Å². The zero-order valence-electron chi connectivity index (χ0n) is 21.3. The van der Waals surface area contributed by atoms with Crippen molar-refractivity contribution in [2.24, 2.45) is 0 Å². The van der Waals surface area contributed by atoms with Crippen molar-refractivity contribution in [3.63, 3.8) is 0 Å². The predicted octanol–water partition coefficient (Wildman–Crippen LogP) is 2.78. The summed E-state index contributed by atoms with van der Waals surface area (Å²) in [6, 6.07) is 12.7. The van der Waals surface area contributed by atoms with E-state index in [1.807, 2.05) is 0 Å². The number of nitrogens with one attached hydrogen (secondary N) is 1. The Hall–Kier alpha value is -4.65. The van der Waals surface area contributed by atoms with Crippen LogP contribution < -0.4 is 16.8 Å². The first kappa shape index (κ1) is 29.8. The minimum absolute atomic E-state index is 0.0304. The first-order valence-corrected chi connectivity index (χ1v) is 16.1. The highest BCUT2D eigenvalue weighted by Crippen LogP contribution is 2.41. The van der Waals surface area contributed by atoms with Crippen LogP contribution in [0.2, 0.25) is 0 Å². The van der Waals surface area contributed by atoms with E-state index in [2.05, 4.69) is 5.32 Å².